The van der Waals surface area contributed by atoms with Crippen molar-refractivity contribution in [2.45, 2.75) is 17.1 Å². The lowest BCUT2D eigenvalue weighted by atomic mass is 10.1. The molecule has 1 heterocycles. The van der Waals surface area contributed by atoms with Gasteiger partial charge in [-0.15, -0.1) is 11.8 Å². The van der Waals surface area contributed by atoms with Crippen LogP contribution >= 0.6 is 11.8 Å². The van der Waals surface area contributed by atoms with E-state index in [1.807, 2.05) is 6.92 Å². The minimum atomic E-state index is -0.368. The highest BCUT2D eigenvalue weighted by Gasteiger charge is 2.23. The number of benzene rings is 1. The molecule has 124 valence electrons. The maximum absolute atomic E-state index is 12.1. The van der Waals surface area contributed by atoms with Gasteiger partial charge < -0.3 is 20.7 Å². The predicted octanol–water partition coefficient (Wildman–Crippen LogP) is 0.612. The third kappa shape index (κ3) is 4.70. The van der Waals surface area contributed by atoms with Crippen molar-refractivity contribution in [1.82, 2.24) is 10.6 Å². The van der Waals surface area contributed by atoms with Gasteiger partial charge in [-0.3, -0.25) is 14.4 Å². The lowest BCUT2D eigenvalue weighted by Crippen LogP contribution is -2.38. The molecule has 0 fully saturated rings. The van der Waals surface area contributed by atoms with Crippen LogP contribution in [0.15, 0.2) is 23.1 Å². The van der Waals surface area contributed by atoms with Gasteiger partial charge in [-0.25, -0.2) is 0 Å². The zero-order chi connectivity index (χ0) is 16.8. The average Bonchev–Trinajstić information content (AvgIpc) is 2.53. The summed E-state index contributed by atoms with van der Waals surface area (Å²) < 4.78 is 4.82. The molecule has 3 amide bonds. The number of rotatable bonds is 6. The van der Waals surface area contributed by atoms with Crippen molar-refractivity contribution in [2.24, 2.45) is 0 Å². The highest BCUT2D eigenvalue weighted by atomic mass is 32.2. The smallest absolute Gasteiger partial charge is 0.251 e. The summed E-state index contributed by atoms with van der Waals surface area (Å²) in [6.07, 6.45) is 0. The van der Waals surface area contributed by atoms with Crippen molar-refractivity contribution in [2.75, 3.05) is 32.1 Å². The van der Waals surface area contributed by atoms with Gasteiger partial charge in [0.2, 0.25) is 11.8 Å². The number of fused-ring (bicyclic) bond motifs is 1. The number of hydrogen-bond donors (Lipinski definition) is 3. The Morgan fingerprint density at radius 3 is 2.87 bits per heavy atom. The van der Waals surface area contributed by atoms with Gasteiger partial charge in [0, 0.05) is 24.1 Å². The van der Waals surface area contributed by atoms with E-state index in [9.17, 15) is 14.4 Å². The van der Waals surface area contributed by atoms with Gasteiger partial charge in [-0.2, -0.15) is 0 Å². The van der Waals surface area contributed by atoms with Gasteiger partial charge in [0.25, 0.3) is 5.91 Å². The summed E-state index contributed by atoms with van der Waals surface area (Å²) >= 11 is 1.45. The molecule has 0 aromatic heterocycles. The third-order valence-corrected chi connectivity index (χ3v) is 4.39. The van der Waals surface area contributed by atoms with E-state index in [0.717, 1.165) is 4.90 Å². The van der Waals surface area contributed by atoms with E-state index in [-0.39, 0.29) is 29.5 Å². The largest absolute Gasteiger partial charge is 0.383 e. The van der Waals surface area contributed by atoms with Gasteiger partial charge in [0.15, 0.2) is 0 Å². The molecule has 0 saturated heterocycles. The van der Waals surface area contributed by atoms with Crippen molar-refractivity contribution in [3.8, 4) is 0 Å². The number of carbonyl (C=O) groups is 3. The van der Waals surface area contributed by atoms with Crippen LogP contribution in [-0.4, -0.2) is 49.8 Å². The van der Waals surface area contributed by atoms with Crippen molar-refractivity contribution < 1.29 is 19.1 Å². The Morgan fingerprint density at radius 2 is 2.13 bits per heavy atom. The second-order valence-corrected chi connectivity index (χ2v) is 6.37. The van der Waals surface area contributed by atoms with Crippen molar-refractivity contribution in [3.05, 3.63) is 23.8 Å². The minimum absolute atomic E-state index is 0.0856. The summed E-state index contributed by atoms with van der Waals surface area (Å²) in [5.74, 6) is -0.740. The summed E-state index contributed by atoms with van der Waals surface area (Å²) in [5, 5.41) is 7.77. The standard InChI is InChI=1S/C15H19N3O4S/c1-9-14(20)18-11-7-10(3-4-12(11)23-9)15(21)17-8-13(19)16-5-6-22-2/h3-4,7,9H,5-6,8H2,1-2H3,(H,16,19)(H,17,21)(H,18,20)/t9-/m1/s1. The topological polar surface area (TPSA) is 96.5 Å². The molecule has 0 aliphatic carbocycles. The number of thioether (sulfide) groups is 1. The van der Waals surface area contributed by atoms with Crippen LogP contribution in [0.25, 0.3) is 0 Å². The first-order chi connectivity index (χ1) is 11.0. The molecule has 7 nitrogen and oxygen atoms in total. The molecule has 0 saturated carbocycles. The maximum Gasteiger partial charge on any atom is 0.251 e. The maximum atomic E-state index is 12.1. The van der Waals surface area contributed by atoms with Crippen LogP contribution in [0, 0.1) is 0 Å². The molecule has 0 radical (unpaired) electrons. The molecule has 0 unspecified atom stereocenters. The Labute approximate surface area is 138 Å². The quantitative estimate of drug-likeness (QED) is 0.661. The van der Waals surface area contributed by atoms with Gasteiger partial charge in [-0.1, -0.05) is 0 Å². The van der Waals surface area contributed by atoms with E-state index in [1.165, 1.54) is 11.8 Å². The molecule has 1 aromatic rings. The number of methoxy groups -OCH3 is 1. The Morgan fingerprint density at radius 1 is 1.35 bits per heavy atom. The van der Waals surface area contributed by atoms with Crippen LogP contribution in [0.1, 0.15) is 17.3 Å². The number of nitrogens with one attached hydrogen (secondary N) is 3. The van der Waals surface area contributed by atoms with Gasteiger partial charge in [0.1, 0.15) is 0 Å². The highest BCUT2D eigenvalue weighted by molar-refractivity contribution is 8.00. The molecule has 3 N–H and O–H groups in total. The first kappa shape index (κ1) is 17.3. The summed E-state index contributed by atoms with van der Waals surface area (Å²) in [6, 6.07) is 5.09. The van der Waals surface area contributed by atoms with E-state index in [1.54, 1.807) is 25.3 Å². The van der Waals surface area contributed by atoms with Crippen LogP contribution in [0.2, 0.25) is 0 Å². The number of hydrogen-bond acceptors (Lipinski definition) is 5. The molecule has 0 spiro atoms. The fraction of sp³-hybridized carbons (Fsp3) is 0.400. The Bertz CT molecular complexity index is 621. The average molecular weight is 337 g/mol. The Hall–Kier alpha value is -2.06. The van der Waals surface area contributed by atoms with Crippen LogP contribution in [0.3, 0.4) is 0 Å². The van der Waals surface area contributed by atoms with E-state index in [0.29, 0.717) is 24.4 Å². The molecule has 1 aliphatic rings. The first-order valence-corrected chi connectivity index (χ1v) is 8.04. The number of amides is 3. The number of ether oxygens (including phenoxy) is 1. The molecule has 0 bridgehead atoms. The minimum Gasteiger partial charge on any atom is -0.383 e. The van der Waals surface area contributed by atoms with E-state index >= 15 is 0 Å². The zero-order valence-corrected chi connectivity index (χ0v) is 13.8. The van der Waals surface area contributed by atoms with Crippen LogP contribution < -0.4 is 16.0 Å². The van der Waals surface area contributed by atoms with Crippen LogP contribution in [-0.2, 0) is 14.3 Å². The normalized spacial score (nSPS) is 16.3. The fourth-order valence-electron chi connectivity index (χ4n) is 1.97. The second-order valence-electron chi connectivity index (χ2n) is 4.99. The second kappa shape index (κ2) is 7.98. The molecule has 8 heteroatoms. The fourth-order valence-corrected chi connectivity index (χ4v) is 2.90. The molecule has 1 aliphatic heterocycles. The molecular weight excluding hydrogens is 318 g/mol. The third-order valence-electron chi connectivity index (χ3n) is 3.21. The van der Waals surface area contributed by atoms with Crippen LogP contribution in [0.5, 0.6) is 0 Å². The lowest BCUT2D eigenvalue weighted by Gasteiger charge is -2.21. The molecule has 1 aromatic carbocycles. The van der Waals surface area contributed by atoms with Crippen LogP contribution in [0.4, 0.5) is 5.69 Å². The van der Waals surface area contributed by atoms with Gasteiger partial charge in [-0.05, 0) is 25.1 Å². The van der Waals surface area contributed by atoms with Gasteiger partial charge >= 0.3 is 0 Å². The molecule has 2 rings (SSSR count). The zero-order valence-electron chi connectivity index (χ0n) is 13.0. The number of anilines is 1. The Balaban J connectivity index is 1.92. The van der Waals surface area contributed by atoms with E-state index in [4.69, 9.17) is 4.74 Å². The summed E-state index contributed by atoms with van der Waals surface area (Å²) in [7, 11) is 1.54. The van der Waals surface area contributed by atoms with E-state index < -0.39 is 0 Å². The van der Waals surface area contributed by atoms with Crippen molar-refractivity contribution in [1.29, 1.82) is 0 Å². The summed E-state index contributed by atoms with van der Waals surface area (Å²) in [5.41, 5.74) is 1.01. The Kier molecular flexibility index (Phi) is 6.00. The lowest BCUT2D eigenvalue weighted by molar-refractivity contribution is -0.120. The molecule has 23 heavy (non-hydrogen) atoms. The monoisotopic (exact) mass is 337 g/mol. The van der Waals surface area contributed by atoms with Crippen molar-refractivity contribution in [3.63, 3.8) is 0 Å². The molecule has 1 atom stereocenters. The first-order valence-electron chi connectivity index (χ1n) is 7.16. The van der Waals surface area contributed by atoms with Crippen molar-refractivity contribution >= 4 is 35.2 Å². The summed E-state index contributed by atoms with van der Waals surface area (Å²) in [6.45, 7) is 2.52. The SMILES string of the molecule is COCCNC(=O)CNC(=O)c1ccc2c(c1)NC(=O)[C@@H](C)S2. The highest BCUT2D eigenvalue weighted by Crippen LogP contribution is 2.35. The van der Waals surface area contributed by atoms with Gasteiger partial charge in [0.05, 0.1) is 24.1 Å². The number of carbonyl (C=O) groups excluding carboxylic acids is 3. The summed E-state index contributed by atoms with van der Waals surface area (Å²) in [4.78, 5) is 36.2. The molecular formula is C15H19N3O4S. The van der Waals surface area contributed by atoms with E-state index in [2.05, 4.69) is 16.0 Å². The predicted molar refractivity (Wildman–Crippen MR) is 87.6 cm³/mol.